The number of alkyl carbamates (subject to hydrolysis) is 1. The minimum Gasteiger partial charge on any atom is -0.444 e. The van der Waals surface area contributed by atoms with Gasteiger partial charge in [0.1, 0.15) is 5.60 Å². The normalized spacial score (nSPS) is 12.5. The lowest BCUT2D eigenvalue weighted by molar-refractivity contribution is -0.152. The zero-order valence-corrected chi connectivity index (χ0v) is 6.95. The van der Waals surface area contributed by atoms with E-state index in [4.69, 9.17) is 0 Å². The van der Waals surface area contributed by atoms with Crippen molar-refractivity contribution in [1.29, 1.82) is 0 Å². The first kappa shape index (κ1) is 11.1. The molecule has 6 heteroatoms. The van der Waals surface area contributed by atoms with Crippen LogP contribution < -0.4 is 5.32 Å². The number of rotatable bonds is 0. The van der Waals surface area contributed by atoms with Crippen molar-refractivity contribution in [1.82, 2.24) is 5.32 Å². The lowest BCUT2D eigenvalue weighted by Gasteiger charge is -2.20. The van der Waals surface area contributed by atoms with E-state index < -0.39 is 18.0 Å². The topological polar surface area (TPSA) is 38.3 Å². The number of nitrogens with one attached hydrogen (secondary N) is 1. The van der Waals surface area contributed by atoms with Gasteiger partial charge < -0.3 is 4.74 Å². The number of carbonyl (C=O) groups is 1. The lowest BCUT2D eigenvalue weighted by Crippen LogP contribution is -2.40. The minimum absolute atomic E-state index is 0.715. The summed E-state index contributed by atoms with van der Waals surface area (Å²) in [6, 6.07) is 0. The molecule has 0 bridgehead atoms. The third kappa shape index (κ3) is 7.17. The van der Waals surface area contributed by atoms with Crippen molar-refractivity contribution in [3.05, 3.63) is 0 Å². The zero-order valence-electron chi connectivity index (χ0n) is 6.95. The molecule has 0 aromatic carbocycles. The van der Waals surface area contributed by atoms with Gasteiger partial charge in [-0.3, -0.25) is 0 Å². The number of amides is 1. The molecule has 0 heterocycles. The van der Waals surface area contributed by atoms with Gasteiger partial charge in [-0.2, -0.15) is 13.2 Å². The lowest BCUT2D eigenvalue weighted by atomic mass is 10.2. The van der Waals surface area contributed by atoms with Crippen LogP contribution >= 0.6 is 0 Å². The molecule has 0 atom stereocenters. The Hall–Kier alpha value is -0.940. The van der Waals surface area contributed by atoms with Crippen LogP contribution in [0.5, 0.6) is 0 Å². The van der Waals surface area contributed by atoms with Gasteiger partial charge in [0.2, 0.25) is 0 Å². The molecule has 1 amide bonds. The van der Waals surface area contributed by atoms with Crippen LogP contribution in [0.25, 0.3) is 0 Å². The fourth-order valence-electron chi connectivity index (χ4n) is 0.419. The molecule has 0 saturated heterocycles. The third-order valence-corrected chi connectivity index (χ3v) is 0.643. The maximum absolute atomic E-state index is 11.5. The second-order valence-electron chi connectivity index (χ2n) is 3.12. The number of hydrogen-bond donors (Lipinski definition) is 1. The van der Waals surface area contributed by atoms with Crippen LogP contribution in [-0.2, 0) is 4.74 Å². The zero-order chi connectivity index (χ0) is 9.99. The predicted octanol–water partition coefficient (Wildman–Crippen LogP) is 2.03. The summed E-state index contributed by atoms with van der Waals surface area (Å²) in [5.74, 6) is 0. The third-order valence-electron chi connectivity index (χ3n) is 0.643. The predicted molar refractivity (Wildman–Crippen MR) is 35.4 cm³/mol. The Bertz CT molecular complexity index is 153. The van der Waals surface area contributed by atoms with Crippen LogP contribution in [-0.4, -0.2) is 18.0 Å². The molecule has 0 aromatic heterocycles. The van der Waals surface area contributed by atoms with Gasteiger partial charge in [0.25, 0.3) is 0 Å². The highest BCUT2D eigenvalue weighted by atomic mass is 19.4. The van der Waals surface area contributed by atoms with E-state index in [2.05, 4.69) is 4.74 Å². The van der Waals surface area contributed by atoms with Gasteiger partial charge in [-0.25, -0.2) is 10.1 Å². The molecule has 0 spiro atoms. The van der Waals surface area contributed by atoms with Crippen LogP contribution in [0.3, 0.4) is 0 Å². The van der Waals surface area contributed by atoms with Gasteiger partial charge in [-0.15, -0.1) is 0 Å². The largest absolute Gasteiger partial charge is 0.487 e. The van der Waals surface area contributed by atoms with Crippen LogP contribution in [0.15, 0.2) is 0 Å². The van der Waals surface area contributed by atoms with Gasteiger partial charge in [0.15, 0.2) is 0 Å². The van der Waals surface area contributed by atoms with Crippen molar-refractivity contribution < 1.29 is 22.7 Å². The molecule has 0 unspecified atom stereocenters. The average molecular weight is 185 g/mol. The van der Waals surface area contributed by atoms with E-state index in [9.17, 15) is 18.0 Å². The first-order chi connectivity index (χ1) is 5.10. The fraction of sp³-hybridized carbons (Fsp3) is 0.833. The number of carbonyl (C=O) groups excluding carboxylic acids is 1. The summed E-state index contributed by atoms with van der Waals surface area (Å²) in [4.78, 5) is 10.4. The van der Waals surface area contributed by atoms with Gasteiger partial charge in [0, 0.05) is 0 Å². The highest BCUT2D eigenvalue weighted by molar-refractivity contribution is 5.67. The summed E-state index contributed by atoms with van der Waals surface area (Å²) in [5.41, 5.74) is -0.921. The van der Waals surface area contributed by atoms with E-state index >= 15 is 0 Å². The number of ether oxygens (including phenoxy) is 1. The number of hydrogen-bond acceptors (Lipinski definition) is 2. The molecule has 0 aromatic rings. The highest BCUT2D eigenvalue weighted by Crippen LogP contribution is 2.12. The molecule has 1 N–H and O–H groups in total. The second-order valence-corrected chi connectivity index (χ2v) is 3.12. The number of halogens is 3. The van der Waals surface area contributed by atoms with Crippen molar-refractivity contribution in [3.63, 3.8) is 0 Å². The summed E-state index contributed by atoms with van der Waals surface area (Å²) in [6.45, 7) is 4.43. The molecule has 72 valence electrons. The molecule has 0 aliphatic heterocycles. The Balaban J connectivity index is 3.92. The molecule has 0 fully saturated rings. The Morgan fingerprint density at radius 3 is 1.92 bits per heavy atom. The first-order valence-corrected chi connectivity index (χ1v) is 3.18. The summed E-state index contributed by atoms with van der Waals surface area (Å²) in [5, 5.41) is 0.715. The molecule has 12 heavy (non-hydrogen) atoms. The van der Waals surface area contributed by atoms with E-state index in [1.54, 1.807) is 0 Å². The fourth-order valence-corrected chi connectivity index (χ4v) is 0.419. The van der Waals surface area contributed by atoms with Crippen molar-refractivity contribution in [3.8, 4) is 0 Å². The first-order valence-electron chi connectivity index (χ1n) is 3.18. The standard InChI is InChI=1S/C6H10F3NO2/c1-5(2,3)12-4(11)10-6(7,8)9/h1-3H3,(H,10,11). The molecule has 0 rings (SSSR count). The van der Waals surface area contributed by atoms with Crippen LogP contribution in [0, 0.1) is 0 Å². The summed E-state index contributed by atoms with van der Waals surface area (Å²) in [7, 11) is 0. The van der Waals surface area contributed by atoms with Gasteiger partial charge >= 0.3 is 12.4 Å². The molecule has 0 saturated carbocycles. The van der Waals surface area contributed by atoms with Crippen molar-refractivity contribution >= 4 is 6.09 Å². The minimum atomic E-state index is -4.73. The van der Waals surface area contributed by atoms with E-state index in [-0.39, 0.29) is 0 Å². The van der Waals surface area contributed by atoms with Crippen molar-refractivity contribution in [2.24, 2.45) is 0 Å². The molecule has 3 nitrogen and oxygen atoms in total. The summed E-state index contributed by atoms with van der Waals surface area (Å²) >= 11 is 0. The Morgan fingerprint density at radius 2 is 1.67 bits per heavy atom. The molecule has 0 radical (unpaired) electrons. The quantitative estimate of drug-likeness (QED) is 0.586. The molecular formula is C6H10F3NO2. The van der Waals surface area contributed by atoms with Crippen LogP contribution in [0.4, 0.5) is 18.0 Å². The Labute approximate surface area is 67.9 Å². The SMILES string of the molecule is CC(C)(C)OC(=O)NC(F)(F)F. The smallest absolute Gasteiger partial charge is 0.444 e. The van der Waals surface area contributed by atoms with Crippen LogP contribution in [0.1, 0.15) is 20.8 Å². The van der Waals surface area contributed by atoms with Crippen LogP contribution in [0.2, 0.25) is 0 Å². The highest BCUT2D eigenvalue weighted by Gasteiger charge is 2.32. The molecule has 0 aliphatic rings. The van der Waals surface area contributed by atoms with E-state index in [0.29, 0.717) is 5.32 Å². The van der Waals surface area contributed by atoms with Gasteiger partial charge in [-0.1, -0.05) is 0 Å². The maximum Gasteiger partial charge on any atom is 0.487 e. The summed E-state index contributed by atoms with van der Waals surface area (Å²) < 4.78 is 38.8. The average Bonchev–Trinajstić information content (AvgIpc) is 1.49. The maximum atomic E-state index is 11.5. The number of alkyl halides is 3. The van der Waals surface area contributed by atoms with Crippen molar-refractivity contribution in [2.45, 2.75) is 32.7 Å². The van der Waals surface area contributed by atoms with E-state index in [0.717, 1.165) is 0 Å². The second kappa shape index (κ2) is 3.20. The van der Waals surface area contributed by atoms with E-state index in [1.807, 2.05) is 0 Å². The Kier molecular flexibility index (Phi) is 2.95. The summed E-state index contributed by atoms with van der Waals surface area (Å²) in [6.07, 6.45) is -6.22. The monoisotopic (exact) mass is 185 g/mol. The molecule has 0 aliphatic carbocycles. The van der Waals surface area contributed by atoms with Crippen molar-refractivity contribution in [2.75, 3.05) is 0 Å². The molecular weight excluding hydrogens is 175 g/mol. The van der Waals surface area contributed by atoms with Gasteiger partial charge in [-0.05, 0) is 20.8 Å². The Morgan fingerprint density at radius 1 is 1.25 bits per heavy atom. The van der Waals surface area contributed by atoms with Gasteiger partial charge in [0.05, 0.1) is 0 Å². The van der Waals surface area contributed by atoms with E-state index in [1.165, 1.54) is 20.8 Å².